The van der Waals surface area contributed by atoms with Gasteiger partial charge in [-0.2, -0.15) is 0 Å². The van der Waals surface area contributed by atoms with Gasteiger partial charge in [-0.05, 0) is 37.6 Å². The van der Waals surface area contributed by atoms with Crippen LogP contribution in [0, 0.1) is 11.3 Å². The number of hydrogen-bond donors (Lipinski definition) is 3. The minimum atomic E-state index is -0.777. The van der Waals surface area contributed by atoms with E-state index in [4.69, 9.17) is 10.8 Å². The summed E-state index contributed by atoms with van der Waals surface area (Å²) in [6.07, 6.45) is 7.49. The van der Waals surface area contributed by atoms with Gasteiger partial charge >= 0.3 is 5.97 Å². The number of amides is 1. The maximum Gasteiger partial charge on any atom is 0.306 e. The second kappa shape index (κ2) is 8.25. The van der Waals surface area contributed by atoms with Crippen LogP contribution in [0.15, 0.2) is 0 Å². The van der Waals surface area contributed by atoms with Gasteiger partial charge in [0, 0.05) is 13.0 Å². The largest absolute Gasteiger partial charge is 0.481 e. The summed E-state index contributed by atoms with van der Waals surface area (Å²) in [4.78, 5) is 22.6. The Morgan fingerprint density at radius 2 is 1.95 bits per heavy atom. The molecule has 0 aromatic heterocycles. The predicted molar refractivity (Wildman–Crippen MR) is 78.2 cm³/mol. The van der Waals surface area contributed by atoms with Crippen molar-refractivity contribution in [1.29, 1.82) is 0 Å². The molecule has 20 heavy (non-hydrogen) atoms. The Labute approximate surface area is 121 Å². The SMILES string of the molecule is CC(CCCNC(=O)CC1(CN)CCCCC1)C(=O)O. The van der Waals surface area contributed by atoms with Crippen LogP contribution < -0.4 is 11.1 Å². The summed E-state index contributed by atoms with van der Waals surface area (Å²) >= 11 is 0. The summed E-state index contributed by atoms with van der Waals surface area (Å²) in [5.41, 5.74) is 5.87. The monoisotopic (exact) mass is 284 g/mol. The van der Waals surface area contributed by atoms with Crippen molar-refractivity contribution >= 4 is 11.9 Å². The van der Waals surface area contributed by atoms with Gasteiger partial charge in [0.25, 0.3) is 0 Å². The van der Waals surface area contributed by atoms with Crippen LogP contribution in [-0.4, -0.2) is 30.1 Å². The number of nitrogens with two attached hydrogens (primary N) is 1. The fourth-order valence-electron chi connectivity index (χ4n) is 2.92. The van der Waals surface area contributed by atoms with Crippen molar-refractivity contribution in [2.24, 2.45) is 17.1 Å². The molecule has 0 spiro atoms. The van der Waals surface area contributed by atoms with Crippen LogP contribution in [-0.2, 0) is 9.59 Å². The molecule has 1 rings (SSSR count). The van der Waals surface area contributed by atoms with Gasteiger partial charge in [0.2, 0.25) is 5.91 Å². The fraction of sp³-hybridized carbons (Fsp3) is 0.867. The fourth-order valence-corrected chi connectivity index (χ4v) is 2.92. The molecule has 1 saturated carbocycles. The van der Waals surface area contributed by atoms with E-state index in [0.717, 1.165) is 12.8 Å². The van der Waals surface area contributed by atoms with E-state index in [0.29, 0.717) is 32.4 Å². The number of carboxylic acid groups (broad SMARTS) is 1. The molecule has 1 unspecified atom stereocenters. The molecule has 1 amide bonds. The zero-order chi connectivity index (χ0) is 15.0. The smallest absolute Gasteiger partial charge is 0.306 e. The number of carbonyl (C=O) groups excluding carboxylic acids is 1. The first kappa shape index (κ1) is 17.0. The molecule has 0 aromatic carbocycles. The number of carboxylic acids is 1. The molecule has 0 saturated heterocycles. The maximum atomic E-state index is 12.0. The van der Waals surface area contributed by atoms with E-state index in [1.807, 2.05) is 0 Å². The van der Waals surface area contributed by atoms with Crippen molar-refractivity contribution in [2.75, 3.05) is 13.1 Å². The number of carbonyl (C=O) groups is 2. The quantitative estimate of drug-likeness (QED) is 0.594. The topological polar surface area (TPSA) is 92.4 Å². The number of aliphatic carboxylic acids is 1. The third-order valence-corrected chi connectivity index (χ3v) is 4.44. The summed E-state index contributed by atoms with van der Waals surface area (Å²) in [5, 5.41) is 11.7. The molecule has 1 atom stereocenters. The van der Waals surface area contributed by atoms with E-state index in [1.54, 1.807) is 6.92 Å². The van der Waals surface area contributed by atoms with Gasteiger partial charge in [-0.1, -0.05) is 26.2 Å². The third kappa shape index (κ3) is 5.49. The van der Waals surface area contributed by atoms with Crippen LogP contribution in [0.2, 0.25) is 0 Å². The Morgan fingerprint density at radius 3 is 2.50 bits per heavy atom. The van der Waals surface area contributed by atoms with Crippen molar-refractivity contribution in [3.63, 3.8) is 0 Å². The van der Waals surface area contributed by atoms with Crippen molar-refractivity contribution in [3.05, 3.63) is 0 Å². The van der Waals surface area contributed by atoms with Crippen LogP contribution in [0.3, 0.4) is 0 Å². The highest BCUT2D eigenvalue weighted by Gasteiger charge is 2.32. The first-order chi connectivity index (χ1) is 9.49. The molecular formula is C15H28N2O3. The summed E-state index contributed by atoms with van der Waals surface area (Å²) in [5.74, 6) is -1.07. The van der Waals surface area contributed by atoms with Gasteiger partial charge in [0.15, 0.2) is 0 Å². The summed E-state index contributed by atoms with van der Waals surface area (Å²) in [6, 6.07) is 0. The average Bonchev–Trinajstić information content (AvgIpc) is 2.44. The van der Waals surface area contributed by atoms with Crippen molar-refractivity contribution in [3.8, 4) is 0 Å². The highest BCUT2D eigenvalue weighted by molar-refractivity contribution is 5.76. The lowest BCUT2D eigenvalue weighted by molar-refractivity contribution is -0.141. The first-order valence-corrected chi connectivity index (χ1v) is 7.69. The predicted octanol–water partition coefficient (Wildman–Crippen LogP) is 1.90. The lowest BCUT2D eigenvalue weighted by Gasteiger charge is -2.35. The number of rotatable bonds is 8. The molecule has 0 radical (unpaired) electrons. The Balaban J connectivity index is 2.23. The van der Waals surface area contributed by atoms with Crippen LogP contribution in [0.5, 0.6) is 0 Å². The zero-order valence-electron chi connectivity index (χ0n) is 12.5. The van der Waals surface area contributed by atoms with Crippen LogP contribution in [0.4, 0.5) is 0 Å². The van der Waals surface area contributed by atoms with Crippen LogP contribution >= 0.6 is 0 Å². The van der Waals surface area contributed by atoms with E-state index in [1.165, 1.54) is 19.3 Å². The lowest BCUT2D eigenvalue weighted by atomic mass is 9.71. The molecule has 1 aliphatic carbocycles. The van der Waals surface area contributed by atoms with Crippen molar-refractivity contribution < 1.29 is 14.7 Å². The van der Waals surface area contributed by atoms with E-state index in [-0.39, 0.29) is 17.2 Å². The molecule has 0 aromatic rings. The molecule has 1 aliphatic rings. The Hall–Kier alpha value is -1.10. The molecular weight excluding hydrogens is 256 g/mol. The molecule has 0 aliphatic heterocycles. The molecule has 5 nitrogen and oxygen atoms in total. The molecule has 0 heterocycles. The zero-order valence-corrected chi connectivity index (χ0v) is 12.5. The summed E-state index contributed by atoms with van der Waals surface area (Å²) in [7, 11) is 0. The van der Waals surface area contributed by atoms with Crippen molar-refractivity contribution in [1.82, 2.24) is 5.32 Å². The highest BCUT2D eigenvalue weighted by atomic mass is 16.4. The van der Waals surface area contributed by atoms with E-state index in [2.05, 4.69) is 5.32 Å². The number of nitrogens with one attached hydrogen (secondary N) is 1. The molecule has 116 valence electrons. The summed E-state index contributed by atoms with van der Waals surface area (Å²) in [6.45, 7) is 2.82. The Morgan fingerprint density at radius 1 is 1.30 bits per heavy atom. The number of hydrogen-bond acceptors (Lipinski definition) is 3. The first-order valence-electron chi connectivity index (χ1n) is 7.69. The van der Waals surface area contributed by atoms with E-state index < -0.39 is 5.97 Å². The maximum absolute atomic E-state index is 12.0. The van der Waals surface area contributed by atoms with Crippen LogP contribution in [0.1, 0.15) is 58.3 Å². The second-order valence-electron chi connectivity index (χ2n) is 6.17. The normalized spacial score (nSPS) is 19.3. The average molecular weight is 284 g/mol. The summed E-state index contributed by atoms with van der Waals surface area (Å²) < 4.78 is 0. The van der Waals surface area contributed by atoms with Gasteiger partial charge in [-0.15, -0.1) is 0 Å². The van der Waals surface area contributed by atoms with E-state index in [9.17, 15) is 9.59 Å². The molecule has 1 fully saturated rings. The van der Waals surface area contributed by atoms with Gasteiger partial charge in [-0.25, -0.2) is 0 Å². The lowest BCUT2D eigenvalue weighted by Crippen LogP contribution is -2.38. The molecule has 5 heteroatoms. The highest BCUT2D eigenvalue weighted by Crippen LogP contribution is 2.38. The van der Waals surface area contributed by atoms with Crippen LogP contribution in [0.25, 0.3) is 0 Å². The van der Waals surface area contributed by atoms with Gasteiger partial charge in [0.1, 0.15) is 0 Å². The molecule has 4 N–H and O–H groups in total. The second-order valence-corrected chi connectivity index (χ2v) is 6.17. The molecule has 0 bridgehead atoms. The van der Waals surface area contributed by atoms with E-state index >= 15 is 0 Å². The standard InChI is InChI=1S/C15H28N2O3/c1-12(14(19)20)6-5-9-17-13(18)10-15(11-16)7-3-2-4-8-15/h12H,2-11,16H2,1H3,(H,17,18)(H,19,20). The minimum absolute atomic E-state index is 0.00328. The van der Waals surface area contributed by atoms with Gasteiger partial charge < -0.3 is 16.2 Å². The Kier molecular flexibility index (Phi) is 6.99. The van der Waals surface area contributed by atoms with Crippen molar-refractivity contribution in [2.45, 2.75) is 58.3 Å². The minimum Gasteiger partial charge on any atom is -0.481 e. The Bertz CT molecular complexity index is 325. The van der Waals surface area contributed by atoms with Gasteiger partial charge in [-0.3, -0.25) is 9.59 Å². The van der Waals surface area contributed by atoms with Gasteiger partial charge in [0.05, 0.1) is 5.92 Å². The third-order valence-electron chi connectivity index (χ3n) is 4.44.